The summed E-state index contributed by atoms with van der Waals surface area (Å²) < 4.78 is 28.4. The standard InChI is InChI=1S/C30H27N5O4S/c31-19-23-11-15-27(16-12-23)40(38,39)35(21-26-8-4-5-17-33-26)20-24-9-13-25(14-10-24)30(37)34-28(29(32)36)18-22-6-2-1-3-7-22/h1-17,28H,18,20-21H2,(H2,32,36)(H,34,37)/t28-/m0/s1. The van der Waals surface area contributed by atoms with E-state index in [0.717, 1.165) is 5.56 Å². The highest BCUT2D eigenvalue weighted by molar-refractivity contribution is 7.89. The summed E-state index contributed by atoms with van der Waals surface area (Å²) >= 11 is 0. The van der Waals surface area contributed by atoms with Crippen LogP contribution >= 0.6 is 0 Å². The lowest BCUT2D eigenvalue weighted by molar-refractivity contribution is -0.119. The van der Waals surface area contributed by atoms with E-state index in [9.17, 15) is 18.0 Å². The number of hydrogen-bond donors (Lipinski definition) is 2. The van der Waals surface area contributed by atoms with Crippen LogP contribution in [0.15, 0.2) is 108 Å². The third kappa shape index (κ3) is 7.17. The van der Waals surface area contributed by atoms with E-state index in [4.69, 9.17) is 11.0 Å². The van der Waals surface area contributed by atoms with E-state index < -0.39 is 27.9 Å². The van der Waals surface area contributed by atoms with Gasteiger partial charge >= 0.3 is 0 Å². The first-order chi connectivity index (χ1) is 19.3. The number of benzene rings is 3. The number of nitrogens with zero attached hydrogens (tertiary/aromatic N) is 3. The Morgan fingerprint density at radius 1 is 0.875 bits per heavy atom. The molecule has 1 aromatic heterocycles. The average molecular weight is 554 g/mol. The Morgan fingerprint density at radius 2 is 1.55 bits per heavy atom. The zero-order valence-corrected chi connectivity index (χ0v) is 22.3. The summed E-state index contributed by atoms with van der Waals surface area (Å²) in [6.45, 7) is 0.0317. The maximum Gasteiger partial charge on any atom is 0.251 e. The number of nitrogens with two attached hydrogens (primary N) is 1. The molecule has 10 heteroatoms. The Labute approximate surface area is 233 Å². The maximum absolute atomic E-state index is 13.6. The van der Waals surface area contributed by atoms with E-state index in [0.29, 0.717) is 22.4 Å². The molecule has 4 aromatic rings. The minimum Gasteiger partial charge on any atom is -0.368 e. The van der Waals surface area contributed by atoms with Crippen LogP contribution in [0.4, 0.5) is 0 Å². The van der Waals surface area contributed by atoms with E-state index in [2.05, 4.69) is 10.3 Å². The quantitative estimate of drug-likeness (QED) is 0.292. The Morgan fingerprint density at radius 3 is 2.15 bits per heavy atom. The predicted molar refractivity (Wildman–Crippen MR) is 149 cm³/mol. The van der Waals surface area contributed by atoms with Gasteiger partial charge in [-0.15, -0.1) is 0 Å². The van der Waals surface area contributed by atoms with Crippen LogP contribution in [0.3, 0.4) is 0 Å². The van der Waals surface area contributed by atoms with E-state index in [-0.39, 0.29) is 24.4 Å². The number of nitriles is 1. The van der Waals surface area contributed by atoms with Gasteiger partial charge in [-0.1, -0.05) is 48.5 Å². The molecule has 1 atom stereocenters. The van der Waals surface area contributed by atoms with Gasteiger partial charge < -0.3 is 11.1 Å². The van der Waals surface area contributed by atoms with Crippen molar-refractivity contribution in [1.29, 1.82) is 5.26 Å². The number of carbonyl (C=O) groups excluding carboxylic acids is 2. The molecule has 0 saturated carbocycles. The van der Waals surface area contributed by atoms with Gasteiger partial charge in [-0.05, 0) is 59.7 Å². The number of hydrogen-bond acceptors (Lipinski definition) is 6. The van der Waals surface area contributed by atoms with Gasteiger partial charge in [0.1, 0.15) is 6.04 Å². The van der Waals surface area contributed by atoms with Gasteiger partial charge in [-0.3, -0.25) is 14.6 Å². The molecule has 0 saturated heterocycles. The highest BCUT2D eigenvalue weighted by Crippen LogP contribution is 2.21. The van der Waals surface area contributed by atoms with Gasteiger partial charge in [0.2, 0.25) is 15.9 Å². The first-order valence-corrected chi connectivity index (χ1v) is 13.8. The van der Waals surface area contributed by atoms with Crippen LogP contribution < -0.4 is 11.1 Å². The lowest BCUT2D eigenvalue weighted by Crippen LogP contribution is -2.45. The molecular weight excluding hydrogens is 526 g/mol. The van der Waals surface area contributed by atoms with Crippen LogP contribution in [0.2, 0.25) is 0 Å². The van der Waals surface area contributed by atoms with Gasteiger partial charge in [-0.2, -0.15) is 9.57 Å². The molecule has 0 radical (unpaired) electrons. The molecule has 202 valence electrons. The summed E-state index contributed by atoms with van der Waals surface area (Å²) in [4.78, 5) is 29.1. The lowest BCUT2D eigenvalue weighted by atomic mass is 10.0. The summed E-state index contributed by atoms with van der Waals surface area (Å²) in [5.41, 5.74) is 8.24. The molecule has 1 heterocycles. The zero-order valence-electron chi connectivity index (χ0n) is 21.5. The summed E-state index contributed by atoms with van der Waals surface area (Å²) in [6.07, 6.45) is 1.85. The van der Waals surface area contributed by atoms with E-state index >= 15 is 0 Å². The second-order valence-electron chi connectivity index (χ2n) is 9.05. The minimum absolute atomic E-state index is 0.0126. The van der Waals surface area contributed by atoms with Crippen molar-refractivity contribution in [2.75, 3.05) is 0 Å². The number of rotatable bonds is 11. The monoisotopic (exact) mass is 553 g/mol. The molecule has 0 aliphatic rings. The fourth-order valence-corrected chi connectivity index (χ4v) is 5.43. The first-order valence-electron chi connectivity index (χ1n) is 12.4. The fourth-order valence-electron chi connectivity index (χ4n) is 4.03. The predicted octanol–water partition coefficient (Wildman–Crippen LogP) is 3.17. The van der Waals surface area contributed by atoms with Gasteiger partial charge in [0.25, 0.3) is 5.91 Å². The van der Waals surface area contributed by atoms with Gasteiger partial charge in [0.05, 0.1) is 28.8 Å². The molecule has 0 aliphatic carbocycles. The van der Waals surface area contributed by atoms with Crippen LogP contribution in [-0.2, 0) is 34.3 Å². The van der Waals surface area contributed by atoms with Crippen molar-refractivity contribution in [2.24, 2.45) is 5.73 Å². The number of aromatic nitrogens is 1. The van der Waals surface area contributed by atoms with Crippen LogP contribution in [0.5, 0.6) is 0 Å². The maximum atomic E-state index is 13.6. The molecule has 0 aliphatic heterocycles. The molecule has 4 rings (SSSR count). The summed E-state index contributed by atoms with van der Waals surface area (Å²) in [7, 11) is -3.95. The van der Waals surface area contributed by atoms with E-state index in [1.54, 1.807) is 48.7 Å². The normalized spacial score (nSPS) is 11.9. The molecule has 3 N–H and O–H groups in total. The van der Waals surface area contributed by atoms with Crippen molar-refractivity contribution in [3.8, 4) is 6.07 Å². The molecule has 40 heavy (non-hydrogen) atoms. The molecule has 2 amide bonds. The second-order valence-corrected chi connectivity index (χ2v) is 11.0. The Hall–Kier alpha value is -4.85. The van der Waals surface area contributed by atoms with Crippen molar-refractivity contribution < 1.29 is 18.0 Å². The second kappa shape index (κ2) is 12.8. The number of nitrogens with one attached hydrogen (secondary N) is 1. The molecule has 9 nitrogen and oxygen atoms in total. The molecule has 0 fully saturated rings. The SMILES string of the molecule is N#Cc1ccc(S(=O)(=O)N(Cc2ccc(C(=O)N[C@@H](Cc3ccccc3)C(N)=O)cc2)Cc2ccccn2)cc1. The lowest BCUT2D eigenvalue weighted by Gasteiger charge is -2.22. The number of sulfonamides is 1. The number of carbonyl (C=O) groups is 2. The third-order valence-electron chi connectivity index (χ3n) is 6.19. The molecule has 0 bridgehead atoms. The molecule has 0 unspecified atom stereocenters. The van der Waals surface area contributed by atoms with Crippen molar-refractivity contribution in [3.63, 3.8) is 0 Å². The van der Waals surface area contributed by atoms with Crippen LogP contribution in [0.1, 0.15) is 32.7 Å². The van der Waals surface area contributed by atoms with E-state index in [1.807, 2.05) is 36.4 Å². The van der Waals surface area contributed by atoms with Crippen LogP contribution in [0.25, 0.3) is 0 Å². The Kier molecular flexibility index (Phi) is 9.01. The van der Waals surface area contributed by atoms with Crippen LogP contribution in [-0.4, -0.2) is 35.6 Å². The zero-order chi connectivity index (χ0) is 28.5. The summed E-state index contributed by atoms with van der Waals surface area (Å²) in [5.74, 6) is -1.12. The first kappa shape index (κ1) is 28.2. The van der Waals surface area contributed by atoms with Gasteiger partial charge in [0.15, 0.2) is 0 Å². The van der Waals surface area contributed by atoms with Crippen molar-refractivity contribution >= 4 is 21.8 Å². The van der Waals surface area contributed by atoms with Crippen molar-refractivity contribution in [1.82, 2.24) is 14.6 Å². The van der Waals surface area contributed by atoms with Gasteiger partial charge in [-0.25, -0.2) is 8.42 Å². The highest BCUT2D eigenvalue weighted by atomic mass is 32.2. The van der Waals surface area contributed by atoms with Crippen molar-refractivity contribution in [3.05, 3.63) is 131 Å². The minimum atomic E-state index is -3.95. The largest absolute Gasteiger partial charge is 0.368 e. The number of pyridine rings is 1. The van der Waals surface area contributed by atoms with Gasteiger partial charge in [0, 0.05) is 24.7 Å². The molecule has 0 spiro atoms. The Balaban J connectivity index is 1.52. The fraction of sp³-hybridized carbons (Fsp3) is 0.133. The third-order valence-corrected chi connectivity index (χ3v) is 8.00. The summed E-state index contributed by atoms with van der Waals surface area (Å²) in [6, 6.07) is 27.7. The van der Waals surface area contributed by atoms with Crippen molar-refractivity contribution in [2.45, 2.75) is 30.4 Å². The molecular formula is C30H27N5O4S. The van der Waals surface area contributed by atoms with E-state index in [1.165, 1.54) is 28.6 Å². The number of primary amides is 1. The number of amides is 2. The summed E-state index contributed by atoms with van der Waals surface area (Å²) in [5, 5.41) is 11.7. The smallest absolute Gasteiger partial charge is 0.251 e. The highest BCUT2D eigenvalue weighted by Gasteiger charge is 2.26. The Bertz CT molecular complexity index is 1600. The topological polar surface area (TPSA) is 146 Å². The average Bonchev–Trinajstić information content (AvgIpc) is 2.98. The van der Waals surface area contributed by atoms with Crippen LogP contribution in [0, 0.1) is 11.3 Å². The molecule has 3 aromatic carbocycles.